The Morgan fingerprint density at radius 1 is 1.00 bits per heavy atom. The molecule has 1 aromatic rings. The minimum atomic E-state index is -0.416. The number of rotatable bonds is 9. The van der Waals surface area contributed by atoms with E-state index in [1.54, 1.807) is 0 Å². The topological polar surface area (TPSA) is 64.6 Å². The van der Waals surface area contributed by atoms with Crippen LogP contribution in [-0.2, 0) is 20.9 Å². The van der Waals surface area contributed by atoms with Crippen molar-refractivity contribution in [3.8, 4) is 0 Å². The molecular weight excluding hydrogens is 306 g/mol. The third-order valence-corrected chi connectivity index (χ3v) is 3.21. The van der Waals surface area contributed by atoms with E-state index in [-0.39, 0.29) is 12.6 Å². The van der Waals surface area contributed by atoms with Crippen molar-refractivity contribution in [1.82, 2.24) is 5.32 Å². The summed E-state index contributed by atoms with van der Waals surface area (Å²) in [5, 5.41) is 2.73. The average Bonchev–Trinajstić information content (AvgIpc) is 2.51. The van der Waals surface area contributed by atoms with Crippen molar-refractivity contribution in [2.45, 2.75) is 65.1 Å². The number of alkyl carbamates (subject to hydrolysis) is 1. The summed E-state index contributed by atoms with van der Waals surface area (Å²) in [6, 6.07) is 9.57. The highest BCUT2D eigenvalue weighted by Crippen LogP contribution is 2.11. The number of benzene rings is 1. The van der Waals surface area contributed by atoms with Crippen molar-refractivity contribution in [2.75, 3.05) is 6.54 Å². The summed E-state index contributed by atoms with van der Waals surface area (Å²) in [4.78, 5) is 23.1. The second-order valence-corrected chi connectivity index (χ2v) is 6.74. The minimum absolute atomic E-state index is 0.148. The summed E-state index contributed by atoms with van der Waals surface area (Å²) < 4.78 is 10.4. The quantitative estimate of drug-likeness (QED) is 0.542. The van der Waals surface area contributed by atoms with Gasteiger partial charge in [-0.25, -0.2) is 4.79 Å². The lowest BCUT2D eigenvalue weighted by molar-refractivity contribution is -0.154. The van der Waals surface area contributed by atoms with Gasteiger partial charge in [0, 0.05) is 13.0 Å². The number of carbonyl (C=O) groups is 2. The zero-order valence-electron chi connectivity index (χ0n) is 15.0. The van der Waals surface area contributed by atoms with Gasteiger partial charge in [0.2, 0.25) is 0 Å². The van der Waals surface area contributed by atoms with Gasteiger partial charge in [-0.2, -0.15) is 0 Å². The minimum Gasteiger partial charge on any atom is -0.460 e. The van der Waals surface area contributed by atoms with Gasteiger partial charge in [0.15, 0.2) is 0 Å². The zero-order chi connectivity index (χ0) is 17.8. The molecule has 0 fully saturated rings. The maximum atomic E-state index is 11.5. The number of nitrogens with one attached hydrogen (secondary N) is 1. The Morgan fingerprint density at radius 3 is 2.33 bits per heavy atom. The van der Waals surface area contributed by atoms with E-state index >= 15 is 0 Å². The van der Waals surface area contributed by atoms with Crippen LogP contribution in [0, 0.1) is 0 Å². The molecule has 1 aromatic carbocycles. The van der Waals surface area contributed by atoms with E-state index in [1.165, 1.54) is 0 Å². The fourth-order valence-corrected chi connectivity index (χ4v) is 2.11. The van der Waals surface area contributed by atoms with Crippen LogP contribution in [0.3, 0.4) is 0 Å². The first-order valence-electron chi connectivity index (χ1n) is 8.53. The normalized spacial score (nSPS) is 11.0. The van der Waals surface area contributed by atoms with Gasteiger partial charge >= 0.3 is 12.1 Å². The highest BCUT2D eigenvalue weighted by Gasteiger charge is 2.15. The maximum absolute atomic E-state index is 11.5. The predicted molar refractivity (Wildman–Crippen MR) is 93.6 cm³/mol. The lowest BCUT2D eigenvalue weighted by atomic mass is 10.1. The van der Waals surface area contributed by atoms with Crippen molar-refractivity contribution >= 4 is 12.1 Å². The molecule has 1 amide bonds. The molecule has 0 aliphatic rings. The average molecular weight is 335 g/mol. The van der Waals surface area contributed by atoms with Crippen LogP contribution in [0.25, 0.3) is 0 Å². The molecule has 0 radical (unpaired) electrons. The molecule has 5 heteroatoms. The molecule has 0 aromatic heterocycles. The van der Waals surface area contributed by atoms with Crippen LogP contribution < -0.4 is 5.32 Å². The predicted octanol–water partition coefficient (Wildman–Crippen LogP) is 4.21. The van der Waals surface area contributed by atoms with Crippen molar-refractivity contribution in [2.24, 2.45) is 0 Å². The lowest BCUT2D eigenvalue weighted by Crippen LogP contribution is -2.25. The molecule has 0 saturated heterocycles. The second-order valence-electron chi connectivity index (χ2n) is 6.74. The summed E-state index contributed by atoms with van der Waals surface area (Å²) in [5.74, 6) is -0.148. The largest absolute Gasteiger partial charge is 0.460 e. The molecule has 0 spiro atoms. The van der Waals surface area contributed by atoms with Crippen LogP contribution >= 0.6 is 0 Å². The first kappa shape index (κ1) is 20.0. The van der Waals surface area contributed by atoms with Gasteiger partial charge in [-0.05, 0) is 39.2 Å². The highest BCUT2D eigenvalue weighted by atomic mass is 16.6. The SMILES string of the molecule is CC(C)(C)OC(=O)CCCCCCNC(=O)OCc1ccccc1. The Balaban J connectivity index is 1.96. The summed E-state index contributed by atoms with van der Waals surface area (Å²) >= 11 is 0. The van der Waals surface area contributed by atoms with Crippen LogP contribution in [0.5, 0.6) is 0 Å². The Bertz CT molecular complexity index is 494. The lowest BCUT2D eigenvalue weighted by Gasteiger charge is -2.19. The first-order chi connectivity index (χ1) is 11.4. The van der Waals surface area contributed by atoms with Gasteiger partial charge in [0.1, 0.15) is 12.2 Å². The smallest absolute Gasteiger partial charge is 0.407 e. The fraction of sp³-hybridized carbons (Fsp3) is 0.579. The monoisotopic (exact) mass is 335 g/mol. The molecule has 1 N–H and O–H groups in total. The van der Waals surface area contributed by atoms with Gasteiger partial charge in [-0.3, -0.25) is 4.79 Å². The van der Waals surface area contributed by atoms with Crippen LogP contribution in [0.4, 0.5) is 4.79 Å². The molecule has 0 saturated carbocycles. The third kappa shape index (κ3) is 10.6. The summed E-state index contributed by atoms with van der Waals surface area (Å²) in [6.07, 6.45) is 3.64. The number of amides is 1. The van der Waals surface area contributed by atoms with Crippen LogP contribution in [-0.4, -0.2) is 24.2 Å². The molecule has 0 unspecified atom stereocenters. The Hall–Kier alpha value is -2.04. The summed E-state index contributed by atoms with van der Waals surface area (Å²) in [7, 11) is 0. The molecular formula is C19H29NO4. The number of hydrogen-bond acceptors (Lipinski definition) is 4. The number of ether oxygens (including phenoxy) is 2. The van der Waals surface area contributed by atoms with E-state index < -0.39 is 11.7 Å². The van der Waals surface area contributed by atoms with E-state index in [0.717, 1.165) is 31.2 Å². The summed E-state index contributed by atoms with van der Waals surface area (Å²) in [5.41, 5.74) is 0.552. The standard InChI is InChI=1S/C19H29NO4/c1-19(2,3)24-17(21)13-9-4-5-10-14-20-18(22)23-15-16-11-7-6-8-12-16/h6-8,11-12H,4-5,9-10,13-15H2,1-3H3,(H,20,22). The van der Waals surface area contributed by atoms with Gasteiger partial charge in [-0.15, -0.1) is 0 Å². The van der Waals surface area contributed by atoms with E-state index in [1.807, 2.05) is 51.1 Å². The number of esters is 1. The van der Waals surface area contributed by atoms with Crippen LogP contribution in [0.2, 0.25) is 0 Å². The number of hydrogen-bond donors (Lipinski definition) is 1. The van der Waals surface area contributed by atoms with Crippen molar-refractivity contribution in [3.63, 3.8) is 0 Å². The zero-order valence-corrected chi connectivity index (χ0v) is 15.0. The van der Waals surface area contributed by atoms with Crippen LogP contribution in [0.15, 0.2) is 30.3 Å². The van der Waals surface area contributed by atoms with E-state index in [2.05, 4.69) is 5.32 Å². The van der Waals surface area contributed by atoms with E-state index in [9.17, 15) is 9.59 Å². The van der Waals surface area contributed by atoms with Crippen LogP contribution in [0.1, 0.15) is 58.4 Å². The molecule has 1 rings (SSSR count). The molecule has 5 nitrogen and oxygen atoms in total. The van der Waals surface area contributed by atoms with E-state index in [4.69, 9.17) is 9.47 Å². The molecule has 24 heavy (non-hydrogen) atoms. The van der Waals surface area contributed by atoms with E-state index in [0.29, 0.717) is 13.0 Å². The first-order valence-corrected chi connectivity index (χ1v) is 8.53. The molecule has 0 heterocycles. The van der Waals surface area contributed by atoms with Gasteiger partial charge < -0.3 is 14.8 Å². The Labute approximate surface area is 144 Å². The van der Waals surface area contributed by atoms with Crippen molar-refractivity contribution < 1.29 is 19.1 Å². The van der Waals surface area contributed by atoms with Gasteiger partial charge in [0.05, 0.1) is 0 Å². The molecule has 0 aliphatic heterocycles. The molecule has 0 aliphatic carbocycles. The number of carbonyl (C=O) groups excluding carboxylic acids is 2. The highest BCUT2D eigenvalue weighted by molar-refractivity contribution is 5.69. The van der Waals surface area contributed by atoms with Gasteiger partial charge in [-0.1, -0.05) is 43.2 Å². The Kier molecular flexibility index (Phi) is 8.90. The van der Waals surface area contributed by atoms with Crippen molar-refractivity contribution in [3.05, 3.63) is 35.9 Å². The molecule has 0 bridgehead atoms. The van der Waals surface area contributed by atoms with Crippen molar-refractivity contribution in [1.29, 1.82) is 0 Å². The fourth-order valence-electron chi connectivity index (χ4n) is 2.11. The summed E-state index contributed by atoms with van der Waals surface area (Å²) in [6.45, 7) is 6.47. The Morgan fingerprint density at radius 2 is 1.67 bits per heavy atom. The molecule has 0 atom stereocenters. The third-order valence-electron chi connectivity index (χ3n) is 3.21. The van der Waals surface area contributed by atoms with Gasteiger partial charge in [0.25, 0.3) is 0 Å². The molecule has 134 valence electrons. The maximum Gasteiger partial charge on any atom is 0.407 e. The number of unbranched alkanes of at least 4 members (excludes halogenated alkanes) is 3. The second kappa shape index (κ2) is 10.7.